The summed E-state index contributed by atoms with van der Waals surface area (Å²) in [6.45, 7) is -0.327. The summed E-state index contributed by atoms with van der Waals surface area (Å²) < 4.78 is 20.9. The van der Waals surface area contributed by atoms with Crippen LogP contribution in [0.2, 0.25) is 5.02 Å². The molecule has 0 saturated carbocycles. The Morgan fingerprint density at radius 2 is 1.80 bits per heavy atom. The number of rotatable bonds is 7. The molecule has 0 aliphatic rings. The number of fused-ring (bicyclic) bond motifs is 1. The van der Waals surface area contributed by atoms with Crippen molar-refractivity contribution in [3.05, 3.63) is 53.2 Å². The van der Waals surface area contributed by atoms with Crippen LogP contribution in [0.3, 0.4) is 0 Å². The minimum atomic E-state index is -0.620. The highest BCUT2D eigenvalue weighted by Gasteiger charge is 2.16. The van der Waals surface area contributed by atoms with Gasteiger partial charge in [-0.3, -0.25) is 4.79 Å². The third kappa shape index (κ3) is 4.72. The van der Waals surface area contributed by atoms with Gasteiger partial charge in [-0.15, -0.1) is 0 Å². The lowest BCUT2D eigenvalue weighted by Crippen LogP contribution is -2.21. The normalized spacial score (nSPS) is 10.4. The van der Waals surface area contributed by atoms with Crippen molar-refractivity contribution in [3.8, 4) is 17.2 Å². The number of nitrogens with one attached hydrogen (secondary N) is 1. The molecule has 1 aromatic heterocycles. The maximum absolute atomic E-state index is 12.4. The molecule has 0 saturated heterocycles. The number of esters is 1. The predicted octanol–water partition coefficient (Wildman–Crippen LogP) is 3.71. The quantitative estimate of drug-likeness (QED) is 0.571. The number of amides is 1. The monoisotopic (exact) mass is 430 g/mol. The van der Waals surface area contributed by atoms with Crippen LogP contribution in [0, 0.1) is 0 Å². The van der Waals surface area contributed by atoms with Crippen molar-refractivity contribution < 1.29 is 28.5 Å². The maximum Gasteiger partial charge on any atom is 0.356 e. The fourth-order valence-electron chi connectivity index (χ4n) is 2.74. The number of methoxy groups -OCH3 is 3. The third-order valence-electron chi connectivity index (χ3n) is 4.17. The molecule has 3 aromatic rings. The molecule has 0 fully saturated rings. The van der Waals surface area contributed by atoms with Gasteiger partial charge in [-0.25, -0.2) is 9.78 Å². The van der Waals surface area contributed by atoms with Crippen LogP contribution in [0.5, 0.6) is 17.2 Å². The molecule has 0 spiro atoms. The molecule has 0 radical (unpaired) electrons. The highest BCUT2D eigenvalue weighted by atomic mass is 35.5. The van der Waals surface area contributed by atoms with E-state index in [0.717, 1.165) is 0 Å². The van der Waals surface area contributed by atoms with Crippen LogP contribution in [0.15, 0.2) is 42.5 Å². The highest BCUT2D eigenvalue weighted by molar-refractivity contribution is 6.31. The molecule has 0 unspecified atom stereocenters. The molecule has 9 heteroatoms. The van der Waals surface area contributed by atoms with Gasteiger partial charge in [-0.2, -0.15) is 0 Å². The number of anilines is 1. The molecule has 1 N–H and O–H groups in total. The number of hydrogen-bond donors (Lipinski definition) is 1. The Morgan fingerprint density at radius 3 is 2.50 bits per heavy atom. The number of aromatic nitrogens is 1. The molecule has 30 heavy (non-hydrogen) atoms. The van der Waals surface area contributed by atoms with Gasteiger partial charge >= 0.3 is 5.97 Å². The highest BCUT2D eigenvalue weighted by Crippen LogP contribution is 2.30. The molecule has 2 aromatic carbocycles. The summed E-state index contributed by atoms with van der Waals surface area (Å²) in [5.74, 6) is 0.258. The first kappa shape index (κ1) is 21.2. The van der Waals surface area contributed by atoms with Crippen LogP contribution in [0.1, 0.15) is 10.5 Å². The lowest BCUT2D eigenvalue weighted by atomic mass is 10.1. The SMILES string of the molecule is COC(=O)c1cc(OCC(=O)Nc2cc(Cl)ccc2OC)c2cc(OC)ccc2n1. The topological polar surface area (TPSA) is 96.0 Å². The van der Waals surface area contributed by atoms with Gasteiger partial charge in [0.2, 0.25) is 0 Å². The zero-order valence-electron chi connectivity index (χ0n) is 16.5. The standard InChI is InChI=1S/C21H19ClN2O6/c1-27-13-5-6-15-14(9-13)19(10-17(23-15)21(26)29-3)30-11-20(25)24-16-8-12(22)4-7-18(16)28-2/h4-10H,11H2,1-3H3,(H,24,25). The Labute approximate surface area is 177 Å². The fourth-order valence-corrected chi connectivity index (χ4v) is 2.91. The maximum atomic E-state index is 12.4. The van der Waals surface area contributed by atoms with Crippen molar-refractivity contribution in [2.75, 3.05) is 33.3 Å². The van der Waals surface area contributed by atoms with E-state index in [1.165, 1.54) is 27.4 Å². The number of carbonyl (C=O) groups is 2. The van der Waals surface area contributed by atoms with Gasteiger partial charge in [0.15, 0.2) is 12.3 Å². The minimum Gasteiger partial charge on any atom is -0.497 e. The average molecular weight is 431 g/mol. The Morgan fingerprint density at radius 1 is 1.00 bits per heavy atom. The van der Waals surface area contributed by atoms with E-state index in [1.807, 2.05) is 0 Å². The van der Waals surface area contributed by atoms with Crippen LogP contribution >= 0.6 is 11.6 Å². The van der Waals surface area contributed by atoms with Crippen molar-refractivity contribution in [3.63, 3.8) is 0 Å². The summed E-state index contributed by atoms with van der Waals surface area (Å²) in [6, 6.07) is 11.4. The predicted molar refractivity (Wildman–Crippen MR) is 112 cm³/mol. The summed E-state index contributed by atoms with van der Waals surface area (Å²) in [6.07, 6.45) is 0. The molecular formula is C21H19ClN2O6. The Balaban J connectivity index is 1.86. The molecule has 0 aliphatic carbocycles. The van der Waals surface area contributed by atoms with E-state index in [-0.39, 0.29) is 18.1 Å². The molecule has 156 valence electrons. The first-order valence-corrected chi connectivity index (χ1v) is 9.16. The summed E-state index contributed by atoms with van der Waals surface area (Å²) >= 11 is 5.98. The van der Waals surface area contributed by atoms with E-state index in [1.54, 1.807) is 36.4 Å². The number of nitrogens with zero attached hydrogens (tertiary/aromatic N) is 1. The van der Waals surface area contributed by atoms with Crippen LogP contribution in [0.4, 0.5) is 5.69 Å². The molecule has 0 atom stereocenters. The van der Waals surface area contributed by atoms with Crippen LogP contribution in [-0.4, -0.2) is 44.8 Å². The van der Waals surface area contributed by atoms with Crippen LogP contribution in [0.25, 0.3) is 10.9 Å². The minimum absolute atomic E-state index is 0.0575. The van der Waals surface area contributed by atoms with Crippen molar-refractivity contribution in [1.82, 2.24) is 4.98 Å². The van der Waals surface area contributed by atoms with Crippen molar-refractivity contribution in [2.45, 2.75) is 0 Å². The summed E-state index contributed by atoms with van der Waals surface area (Å²) in [4.78, 5) is 28.6. The molecule has 3 rings (SSSR count). The molecule has 0 aliphatic heterocycles. The smallest absolute Gasteiger partial charge is 0.356 e. The third-order valence-corrected chi connectivity index (χ3v) is 4.40. The molecule has 1 heterocycles. The number of halogens is 1. The Kier molecular flexibility index (Phi) is 6.58. The van der Waals surface area contributed by atoms with Crippen molar-refractivity contribution in [1.29, 1.82) is 0 Å². The summed E-state index contributed by atoms with van der Waals surface area (Å²) in [5, 5.41) is 3.71. The summed E-state index contributed by atoms with van der Waals surface area (Å²) in [7, 11) is 4.28. The van der Waals surface area contributed by atoms with E-state index in [2.05, 4.69) is 10.3 Å². The lowest BCUT2D eigenvalue weighted by molar-refractivity contribution is -0.118. The van der Waals surface area contributed by atoms with Gasteiger partial charge in [0.25, 0.3) is 5.91 Å². The zero-order valence-corrected chi connectivity index (χ0v) is 17.3. The second-order valence-electron chi connectivity index (χ2n) is 6.06. The van der Waals surface area contributed by atoms with E-state index in [9.17, 15) is 9.59 Å². The zero-order chi connectivity index (χ0) is 21.7. The van der Waals surface area contributed by atoms with Gasteiger partial charge in [0.05, 0.1) is 32.5 Å². The molecule has 0 bridgehead atoms. The fraction of sp³-hybridized carbons (Fsp3) is 0.190. The van der Waals surface area contributed by atoms with E-state index >= 15 is 0 Å². The largest absolute Gasteiger partial charge is 0.497 e. The van der Waals surface area contributed by atoms with E-state index in [0.29, 0.717) is 33.1 Å². The van der Waals surface area contributed by atoms with Crippen LogP contribution < -0.4 is 19.5 Å². The lowest BCUT2D eigenvalue weighted by Gasteiger charge is -2.13. The van der Waals surface area contributed by atoms with Crippen molar-refractivity contribution >= 4 is 40.1 Å². The average Bonchev–Trinajstić information content (AvgIpc) is 2.76. The number of pyridine rings is 1. The van der Waals surface area contributed by atoms with Crippen molar-refractivity contribution in [2.24, 2.45) is 0 Å². The Bertz CT molecular complexity index is 1100. The van der Waals surface area contributed by atoms with E-state index < -0.39 is 11.9 Å². The number of carbonyl (C=O) groups excluding carboxylic acids is 2. The summed E-state index contributed by atoms with van der Waals surface area (Å²) in [5.41, 5.74) is 0.961. The molecule has 8 nitrogen and oxygen atoms in total. The number of hydrogen-bond acceptors (Lipinski definition) is 7. The van der Waals surface area contributed by atoms with Gasteiger partial charge in [-0.1, -0.05) is 11.6 Å². The van der Waals surface area contributed by atoms with Gasteiger partial charge < -0.3 is 24.3 Å². The second kappa shape index (κ2) is 9.32. The van der Waals surface area contributed by atoms with Gasteiger partial charge in [0.1, 0.15) is 17.2 Å². The first-order chi connectivity index (χ1) is 14.4. The van der Waals surface area contributed by atoms with Gasteiger partial charge in [0, 0.05) is 16.5 Å². The van der Waals surface area contributed by atoms with Gasteiger partial charge in [-0.05, 0) is 36.4 Å². The van der Waals surface area contributed by atoms with E-state index in [4.69, 9.17) is 30.5 Å². The van der Waals surface area contributed by atoms with Crippen LogP contribution in [-0.2, 0) is 9.53 Å². The number of benzene rings is 2. The molecule has 1 amide bonds. The Hall–Kier alpha value is -3.52. The first-order valence-electron chi connectivity index (χ1n) is 8.78. The molecular weight excluding hydrogens is 412 g/mol. The second-order valence-corrected chi connectivity index (χ2v) is 6.50. The number of ether oxygens (including phenoxy) is 4.